The molecule has 2 rings (SSSR count). The van der Waals surface area contributed by atoms with Gasteiger partial charge in [0.1, 0.15) is 12.3 Å². The first-order valence-corrected chi connectivity index (χ1v) is 11.2. The summed E-state index contributed by atoms with van der Waals surface area (Å²) in [5.41, 5.74) is 0.842. The third-order valence-corrected chi connectivity index (χ3v) is 5.67. The second-order valence-electron chi connectivity index (χ2n) is 6.40. The van der Waals surface area contributed by atoms with Crippen molar-refractivity contribution in [2.75, 3.05) is 45.5 Å². The van der Waals surface area contributed by atoms with Crippen LogP contribution in [0.5, 0.6) is 23.0 Å². The van der Waals surface area contributed by atoms with Crippen molar-refractivity contribution < 1.29 is 32.2 Å². The molecule has 0 aliphatic carbocycles. The Labute approximate surface area is 186 Å². The first-order valence-electron chi connectivity index (χ1n) is 9.01. The summed E-state index contributed by atoms with van der Waals surface area (Å²) in [7, 11) is 2.07. The molecule has 0 spiro atoms. The van der Waals surface area contributed by atoms with E-state index in [1.54, 1.807) is 18.2 Å². The van der Waals surface area contributed by atoms with E-state index in [1.165, 1.54) is 40.6 Å². The van der Waals surface area contributed by atoms with Crippen LogP contribution in [-0.2, 0) is 21.4 Å². The van der Waals surface area contributed by atoms with E-state index in [-0.39, 0.29) is 18.0 Å². The van der Waals surface area contributed by atoms with E-state index in [2.05, 4.69) is 5.32 Å². The zero-order valence-electron chi connectivity index (χ0n) is 17.9. The number of halogens is 1. The Morgan fingerprint density at radius 1 is 0.968 bits per heavy atom. The molecule has 0 heterocycles. The number of nitrogens with zero attached hydrogens (tertiary/aromatic N) is 1. The van der Waals surface area contributed by atoms with Crippen molar-refractivity contribution in [2.24, 2.45) is 0 Å². The highest BCUT2D eigenvalue weighted by Crippen LogP contribution is 2.38. The lowest BCUT2D eigenvalue weighted by atomic mass is 10.1. The normalized spacial score (nSPS) is 10.9. The number of carbonyl (C=O) groups excluding carboxylic acids is 1. The van der Waals surface area contributed by atoms with Crippen LogP contribution in [0.1, 0.15) is 5.56 Å². The van der Waals surface area contributed by atoms with Crippen LogP contribution < -0.4 is 28.6 Å². The van der Waals surface area contributed by atoms with Gasteiger partial charge in [0, 0.05) is 11.6 Å². The van der Waals surface area contributed by atoms with Gasteiger partial charge in [0.2, 0.25) is 21.7 Å². The Morgan fingerprint density at radius 2 is 1.55 bits per heavy atom. The summed E-state index contributed by atoms with van der Waals surface area (Å²) in [6.07, 6.45) is 1.000. The highest BCUT2D eigenvalue weighted by atomic mass is 35.5. The summed E-state index contributed by atoms with van der Waals surface area (Å²) in [5.74, 6) is 1.05. The molecule has 0 unspecified atom stereocenters. The molecule has 0 aliphatic rings. The van der Waals surface area contributed by atoms with Crippen molar-refractivity contribution in [1.82, 2.24) is 5.32 Å². The second-order valence-corrected chi connectivity index (χ2v) is 8.74. The van der Waals surface area contributed by atoms with Crippen LogP contribution >= 0.6 is 11.6 Å². The number of nitrogens with one attached hydrogen (secondary N) is 1. The SMILES string of the molecule is COc1ccc(Cl)cc1N(CC(=O)NCc1cc(OC)c(OC)c(OC)c1)S(C)(=O)=O. The van der Waals surface area contributed by atoms with Gasteiger partial charge in [-0.05, 0) is 35.9 Å². The number of amides is 1. The van der Waals surface area contributed by atoms with E-state index >= 15 is 0 Å². The fourth-order valence-electron chi connectivity index (χ4n) is 2.86. The molecule has 31 heavy (non-hydrogen) atoms. The molecule has 1 N–H and O–H groups in total. The predicted octanol–water partition coefficient (Wildman–Crippen LogP) is 2.46. The highest BCUT2D eigenvalue weighted by Gasteiger charge is 2.24. The molecule has 2 aromatic carbocycles. The lowest BCUT2D eigenvalue weighted by Crippen LogP contribution is -2.40. The summed E-state index contributed by atoms with van der Waals surface area (Å²) < 4.78 is 46.7. The van der Waals surface area contributed by atoms with Crippen LogP contribution in [0.15, 0.2) is 30.3 Å². The lowest BCUT2D eigenvalue weighted by Gasteiger charge is -2.24. The molecular weight excluding hydrogens is 448 g/mol. The van der Waals surface area contributed by atoms with E-state index < -0.39 is 22.5 Å². The molecule has 0 radical (unpaired) electrons. The third-order valence-electron chi connectivity index (χ3n) is 4.31. The minimum absolute atomic E-state index is 0.111. The van der Waals surface area contributed by atoms with Gasteiger partial charge in [0.05, 0.1) is 40.4 Å². The van der Waals surface area contributed by atoms with E-state index in [0.29, 0.717) is 27.8 Å². The van der Waals surface area contributed by atoms with E-state index in [0.717, 1.165) is 10.6 Å². The summed E-state index contributed by atoms with van der Waals surface area (Å²) in [4.78, 5) is 12.6. The lowest BCUT2D eigenvalue weighted by molar-refractivity contribution is -0.119. The Hall–Kier alpha value is -2.85. The van der Waals surface area contributed by atoms with Gasteiger partial charge >= 0.3 is 0 Å². The van der Waals surface area contributed by atoms with Crippen LogP contribution in [0.25, 0.3) is 0 Å². The van der Waals surface area contributed by atoms with Gasteiger partial charge in [-0.25, -0.2) is 8.42 Å². The summed E-state index contributed by atoms with van der Waals surface area (Å²) in [6.45, 7) is -0.347. The monoisotopic (exact) mass is 472 g/mol. The van der Waals surface area contributed by atoms with Crippen LogP contribution in [-0.4, -0.2) is 55.6 Å². The molecule has 11 heteroatoms. The Kier molecular flexibility index (Phi) is 8.23. The average molecular weight is 473 g/mol. The molecule has 170 valence electrons. The van der Waals surface area contributed by atoms with Crippen LogP contribution in [0, 0.1) is 0 Å². The maximum Gasteiger partial charge on any atom is 0.241 e. The number of benzene rings is 2. The second kappa shape index (κ2) is 10.5. The first-order chi connectivity index (χ1) is 14.6. The van der Waals surface area contributed by atoms with Gasteiger partial charge in [-0.1, -0.05) is 11.6 Å². The molecule has 0 saturated carbocycles. The van der Waals surface area contributed by atoms with E-state index in [1.807, 2.05) is 0 Å². The van der Waals surface area contributed by atoms with Crippen molar-refractivity contribution in [1.29, 1.82) is 0 Å². The number of methoxy groups -OCH3 is 4. The van der Waals surface area contributed by atoms with Gasteiger partial charge in [0.15, 0.2) is 11.5 Å². The Bertz CT molecular complexity index is 1020. The molecule has 0 fully saturated rings. The molecule has 0 saturated heterocycles. The maximum atomic E-state index is 12.6. The minimum Gasteiger partial charge on any atom is -0.495 e. The highest BCUT2D eigenvalue weighted by molar-refractivity contribution is 7.92. The topological polar surface area (TPSA) is 103 Å². The molecule has 2 aromatic rings. The van der Waals surface area contributed by atoms with E-state index in [9.17, 15) is 13.2 Å². The van der Waals surface area contributed by atoms with Crippen molar-refractivity contribution in [3.8, 4) is 23.0 Å². The molecule has 0 bridgehead atoms. The number of sulfonamides is 1. The first kappa shape index (κ1) is 24.4. The molecule has 0 aliphatic heterocycles. The molecule has 0 atom stereocenters. The molecule has 9 nitrogen and oxygen atoms in total. The van der Waals surface area contributed by atoms with Crippen LogP contribution in [0.4, 0.5) is 5.69 Å². The Morgan fingerprint density at radius 3 is 2.03 bits per heavy atom. The van der Waals surface area contributed by atoms with Crippen molar-refractivity contribution in [2.45, 2.75) is 6.54 Å². The maximum absolute atomic E-state index is 12.6. The third kappa shape index (κ3) is 6.08. The number of hydrogen-bond donors (Lipinski definition) is 1. The summed E-state index contributed by atoms with van der Waals surface area (Å²) >= 11 is 6.02. The van der Waals surface area contributed by atoms with Gasteiger partial charge < -0.3 is 24.3 Å². The van der Waals surface area contributed by atoms with Crippen molar-refractivity contribution >= 4 is 33.2 Å². The number of ether oxygens (including phenoxy) is 4. The Balaban J connectivity index is 2.23. The minimum atomic E-state index is -3.80. The molecule has 1 amide bonds. The van der Waals surface area contributed by atoms with Gasteiger partial charge in [-0.3, -0.25) is 9.10 Å². The van der Waals surface area contributed by atoms with Crippen LogP contribution in [0.2, 0.25) is 5.02 Å². The number of anilines is 1. The quantitative estimate of drug-likeness (QED) is 0.566. The summed E-state index contributed by atoms with van der Waals surface area (Å²) in [5, 5.41) is 3.00. The smallest absolute Gasteiger partial charge is 0.241 e. The number of hydrogen-bond acceptors (Lipinski definition) is 7. The zero-order valence-corrected chi connectivity index (χ0v) is 19.5. The molecule has 0 aromatic heterocycles. The average Bonchev–Trinajstić information content (AvgIpc) is 2.74. The van der Waals surface area contributed by atoms with Crippen molar-refractivity contribution in [3.05, 3.63) is 40.9 Å². The fourth-order valence-corrected chi connectivity index (χ4v) is 3.88. The van der Waals surface area contributed by atoms with Gasteiger partial charge in [-0.15, -0.1) is 0 Å². The van der Waals surface area contributed by atoms with Crippen LogP contribution in [0.3, 0.4) is 0 Å². The standard InChI is InChI=1S/C20H25ClN2O7S/c1-27-16-7-6-14(21)10-15(16)23(31(5,25)26)12-19(24)22-11-13-8-17(28-2)20(30-4)18(9-13)29-3/h6-10H,11-12H2,1-5H3,(H,22,24). The van der Waals surface area contributed by atoms with Crippen molar-refractivity contribution in [3.63, 3.8) is 0 Å². The summed E-state index contributed by atoms with van der Waals surface area (Å²) in [6, 6.07) is 7.90. The zero-order chi connectivity index (χ0) is 23.2. The number of rotatable bonds is 10. The van der Waals surface area contributed by atoms with Gasteiger partial charge in [0.25, 0.3) is 0 Å². The molecular formula is C20H25ClN2O7S. The van der Waals surface area contributed by atoms with Gasteiger partial charge in [-0.2, -0.15) is 0 Å². The number of carbonyl (C=O) groups is 1. The largest absolute Gasteiger partial charge is 0.495 e. The van der Waals surface area contributed by atoms with E-state index in [4.69, 9.17) is 30.5 Å². The predicted molar refractivity (Wildman–Crippen MR) is 118 cm³/mol. The fraction of sp³-hybridized carbons (Fsp3) is 0.350.